The average Bonchev–Trinajstić information content (AvgIpc) is 3.16. The molecule has 1 aliphatic carbocycles. The van der Waals surface area contributed by atoms with Crippen molar-refractivity contribution in [3.63, 3.8) is 0 Å². The molecule has 0 bridgehead atoms. The number of carboxylic acid groups (broad SMARTS) is 1. The fraction of sp³-hybridized carbons (Fsp3) is 0.628. The summed E-state index contributed by atoms with van der Waals surface area (Å²) in [5.74, 6) is -3.53. The summed E-state index contributed by atoms with van der Waals surface area (Å²) in [6.45, 7) is 8.68. The van der Waals surface area contributed by atoms with E-state index >= 15 is 0 Å². The summed E-state index contributed by atoms with van der Waals surface area (Å²) in [6, 6.07) is 5.77. The van der Waals surface area contributed by atoms with Crippen molar-refractivity contribution in [2.45, 2.75) is 171 Å². The monoisotopic (exact) mass is 824 g/mol. The minimum absolute atomic E-state index is 0.0885. The van der Waals surface area contributed by atoms with Gasteiger partial charge in [0, 0.05) is 48.8 Å². The van der Waals surface area contributed by atoms with Gasteiger partial charge in [0.15, 0.2) is 36.2 Å². The summed E-state index contributed by atoms with van der Waals surface area (Å²) in [5.41, 5.74) is -1.68. The van der Waals surface area contributed by atoms with Crippen molar-refractivity contribution in [3.8, 4) is 11.5 Å². The normalized spacial score (nSPS) is 36.8. The zero-order valence-electron chi connectivity index (χ0n) is 33.7. The van der Waals surface area contributed by atoms with Crippen LogP contribution in [-0.2, 0) is 53.9 Å². The lowest BCUT2D eigenvalue weighted by Gasteiger charge is -2.49. The van der Waals surface area contributed by atoms with E-state index in [1.165, 1.54) is 24.3 Å². The topological polar surface area (TPSA) is 223 Å². The standard InChI is InChI=1S/C43H52O16/c1-18-26(44)10-12-33(53-18)57-28-11-13-34(54-20(28)3)59-43(5,17-32(46)47)16-22-6-7-24-35(37(22)48)39(50)25-9-8-23(38(49)36(25)40(24)51)29-15-30-41(21(4)52-29)58-42-31(56-30)14-27(45)19(2)55-42/h6-9,18-21,26,28-31,33-34,41-42,44,48-49H,10-17H2,1-5H3,(H,46,47)/t18-,19-,20-,21+,26+,28-,29+,30+,31-,33-,34-,41+,42-,43?/m0/s1. The Morgan fingerprint density at radius 1 is 0.780 bits per heavy atom. The number of hydrogen-bond donors (Lipinski definition) is 4. The number of aromatic hydroxyl groups is 2. The van der Waals surface area contributed by atoms with Crippen molar-refractivity contribution in [2.24, 2.45) is 0 Å². The van der Waals surface area contributed by atoms with Gasteiger partial charge in [-0.2, -0.15) is 0 Å². The maximum Gasteiger partial charge on any atom is 0.306 e. The molecule has 5 aliphatic heterocycles. The number of hydrogen-bond acceptors (Lipinski definition) is 15. The lowest BCUT2D eigenvalue weighted by Crippen LogP contribution is -2.60. The van der Waals surface area contributed by atoms with Gasteiger partial charge in [-0.05, 0) is 65.2 Å². The highest BCUT2D eigenvalue weighted by atomic mass is 16.7. The number of rotatable bonds is 9. The molecule has 0 amide bonds. The van der Waals surface area contributed by atoms with Gasteiger partial charge in [0.25, 0.3) is 0 Å². The van der Waals surface area contributed by atoms with Crippen LogP contribution in [0.15, 0.2) is 24.3 Å². The lowest BCUT2D eigenvalue weighted by atomic mass is 9.79. The number of aliphatic hydroxyl groups is 1. The molecule has 2 aromatic carbocycles. The molecule has 0 spiro atoms. The van der Waals surface area contributed by atoms with Crippen molar-refractivity contribution in [1.82, 2.24) is 0 Å². The maximum atomic E-state index is 14.1. The summed E-state index contributed by atoms with van der Waals surface area (Å²) in [4.78, 5) is 52.6. The number of ether oxygens (including phenoxy) is 8. The lowest BCUT2D eigenvalue weighted by molar-refractivity contribution is -0.347. The molecule has 1 unspecified atom stereocenters. The SMILES string of the molecule is C[C@@H]1O[C@H]2O[C@@H]3[C@@H](C)O[C@@H](c4ccc5c(c4O)C(=O)c4ccc(CC(C)(CC(=O)O)O[C@H]6CC[C@H](O[C@H]7CC[C@@H](O)[C@H](C)O7)[C@H](C)O6)c(O)c4C5=O)C[C@H]3O[C@H]2CC1=O. The van der Waals surface area contributed by atoms with E-state index in [0.717, 1.165) is 0 Å². The molecule has 0 radical (unpaired) electrons. The largest absolute Gasteiger partial charge is 0.507 e. The van der Waals surface area contributed by atoms with Crippen molar-refractivity contribution in [1.29, 1.82) is 0 Å². The number of phenols is 2. The fourth-order valence-electron chi connectivity index (χ4n) is 9.38. The Morgan fingerprint density at radius 3 is 2.15 bits per heavy atom. The van der Waals surface area contributed by atoms with Crippen LogP contribution in [0.5, 0.6) is 11.5 Å². The zero-order chi connectivity index (χ0) is 42.1. The molecule has 4 N–H and O–H groups in total. The Labute approximate surface area is 340 Å². The molecule has 0 aromatic heterocycles. The number of fused-ring (bicyclic) bond motifs is 4. The summed E-state index contributed by atoms with van der Waals surface area (Å²) in [7, 11) is 0. The van der Waals surface area contributed by atoms with E-state index < -0.39 is 109 Å². The van der Waals surface area contributed by atoms with Crippen LogP contribution in [0.3, 0.4) is 0 Å². The van der Waals surface area contributed by atoms with E-state index in [-0.39, 0.29) is 70.6 Å². The Morgan fingerprint density at radius 2 is 1.46 bits per heavy atom. The van der Waals surface area contributed by atoms with E-state index in [1.807, 2.05) is 6.92 Å². The first-order valence-corrected chi connectivity index (χ1v) is 20.5. The number of aliphatic carboxylic acids is 1. The Kier molecular flexibility index (Phi) is 11.5. The van der Waals surface area contributed by atoms with Gasteiger partial charge in [-0.3, -0.25) is 19.2 Å². The second-order valence-electron chi connectivity index (χ2n) is 17.0. The number of aliphatic hydroxyl groups excluding tert-OH is 1. The number of carbonyl (C=O) groups excluding carboxylic acids is 3. The number of carboxylic acids is 1. The molecular formula is C43H52O16. The molecule has 2 aromatic rings. The van der Waals surface area contributed by atoms with E-state index in [9.17, 15) is 39.6 Å². The van der Waals surface area contributed by atoms with Gasteiger partial charge in [0.2, 0.25) is 0 Å². The van der Waals surface area contributed by atoms with Crippen LogP contribution < -0.4 is 0 Å². The van der Waals surface area contributed by atoms with Crippen molar-refractivity contribution in [2.75, 3.05) is 0 Å². The third kappa shape index (κ3) is 8.07. The molecule has 5 heterocycles. The van der Waals surface area contributed by atoms with E-state index in [1.54, 1.807) is 27.7 Å². The van der Waals surface area contributed by atoms with Crippen molar-refractivity contribution < 1.29 is 77.5 Å². The maximum absolute atomic E-state index is 14.1. The van der Waals surface area contributed by atoms with Gasteiger partial charge in [0.05, 0.1) is 65.9 Å². The molecule has 16 nitrogen and oxygen atoms in total. The second kappa shape index (κ2) is 16.2. The van der Waals surface area contributed by atoms with Crippen LogP contribution in [0.4, 0.5) is 0 Å². The van der Waals surface area contributed by atoms with Crippen LogP contribution in [0.2, 0.25) is 0 Å². The van der Waals surface area contributed by atoms with Gasteiger partial charge in [0.1, 0.15) is 29.8 Å². The van der Waals surface area contributed by atoms with Gasteiger partial charge in [-0.15, -0.1) is 0 Å². The summed E-state index contributed by atoms with van der Waals surface area (Å²) in [6.07, 6.45) is -5.34. The number of Topliss-reactive ketones (excluding diaryl/α,β-unsaturated/α-hetero) is 1. The molecule has 16 heteroatoms. The van der Waals surface area contributed by atoms with Crippen molar-refractivity contribution in [3.05, 3.63) is 57.6 Å². The first kappa shape index (κ1) is 41.9. The molecule has 5 saturated heterocycles. The van der Waals surface area contributed by atoms with Crippen LogP contribution in [0, 0.1) is 0 Å². The number of phenolic OH excluding ortho intramolecular Hbond substituents is 2. The molecular weight excluding hydrogens is 772 g/mol. The van der Waals surface area contributed by atoms with E-state index in [4.69, 9.17) is 37.9 Å². The smallest absolute Gasteiger partial charge is 0.306 e. The highest BCUT2D eigenvalue weighted by Crippen LogP contribution is 2.46. The predicted octanol–water partition coefficient (Wildman–Crippen LogP) is 4.17. The minimum Gasteiger partial charge on any atom is -0.507 e. The number of benzene rings is 2. The van der Waals surface area contributed by atoms with Crippen molar-refractivity contribution >= 4 is 23.3 Å². The van der Waals surface area contributed by atoms with Gasteiger partial charge in [-0.1, -0.05) is 12.1 Å². The predicted molar refractivity (Wildman–Crippen MR) is 202 cm³/mol. The summed E-state index contributed by atoms with van der Waals surface area (Å²) in [5, 5.41) is 43.1. The summed E-state index contributed by atoms with van der Waals surface area (Å²) >= 11 is 0. The van der Waals surface area contributed by atoms with E-state index in [2.05, 4.69) is 0 Å². The number of ketones is 3. The average molecular weight is 825 g/mol. The zero-order valence-corrected chi connectivity index (χ0v) is 33.7. The highest BCUT2D eigenvalue weighted by molar-refractivity contribution is 6.30. The Hall–Kier alpha value is -3.84. The Bertz CT molecular complexity index is 2000. The molecule has 5 fully saturated rings. The van der Waals surface area contributed by atoms with Gasteiger partial charge >= 0.3 is 5.97 Å². The molecule has 8 rings (SSSR count). The minimum atomic E-state index is -1.41. The molecule has 14 atom stereocenters. The number of carbonyl (C=O) groups is 4. The fourth-order valence-corrected chi connectivity index (χ4v) is 9.38. The van der Waals surface area contributed by atoms with E-state index in [0.29, 0.717) is 25.7 Å². The van der Waals surface area contributed by atoms with Crippen LogP contribution in [-0.4, -0.2) is 123 Å². The van der Waals surface area contributed by atoms with Crippen LogP contribution in [0.1, 0.15) is 129 Å². The van der Waals surface area contributed by atoms with Crippen LogP contribution in [0.25, 0.3) is 0 Å². The second-order valence-corrected chi connectivity index (χ2v) is 17.0. The molecule has 0 saturated carbocycles. The molecule has 6 aliphatic rings. The quantitative estimate of drug-likeness (QED) is 0.238. The third-order valence-corrected chi connectivity index (χ3v) is 12.6. The molecule has 59 heavy (non-hydrogen) atoms. The third-order valence-electron chi connectivity index (χ3n) is 12.6. The summed E-state index contributed by atoms with van der Waals surface area (Å²) < 4.78 is 48.9. The van der Waals surface area contributed by atoms with Crippen LogP contribution >= 0.6 is 0 Å². The van der Waals surface area contributed by atoms with Gasteiger partial charge < -0.3 is 58.3 Å². The van der Waals surface area contributed by atoms with Gasteiger partial charge in [-0.25, -0.2) is 0 Å². The highest BCUT2D eigenvalue weighted by Gasteiger charge is 2.51. The Balaban J connectivity index is 0.973. The first-order chi connectivity index (χ1) is 28.0. The molecule has 320 valence electrons. The first-order valence-electron chi connectivity index (χ1n) is 20.5.